The second-order valence-corrected chi connectivity index (χ2v) is 6.44. The molecule has 1 atom stereocenters. The number of benzene rings is 2. The van der Waals surface area contributed by atoms with Gasteiger partial charge in [0.25, 0.3) is 5.91 Å². The zero-order valence-electron chi connectivity index (χ0n) is 13.4. The molecule has 1 amide bonds. The van der Waals surface area contributed by atoms with Gasteiger partial charge in [0.15, 0.2) is 0 Å². The van der Waals surface area contributed by atoms with E-state index in [1.165, 1.54) is 6.07 Å². The van der Waals surface area contributed by atoms with Gasteiger partial charge in [0.05, 0.1) is 22.9 Å². The van der Waals surface area contributed by atoms with Crippen molar-refractivity contribution in [3.05, 3.63) is 51.5 Å². The molecule has 0 spiro atoms. The summed E-state index contributed by atoms with van der Waals surface area (Å²) in [7, 11) is 0. The number of rotatable bonds is 4. The minimum Gasteiger partial charge on any atom is -0.492 e. The Bertz CT molecular complexity index is 792. The van der Waals surface area contributed by atoms with Crippen LogP contribution in [0.15, 0.2) is 30.3 Å². The lowest BCUT2D eigenvalue weighted by atomic mass is 10.1. The van der Waals surface area contributed by atoms with Gasteiger partial charge in [-0.3, -0.25) is 4.79 Å². The third kappa shape index (κ3) is 3.45. The van der Waals surface area contributed by atoms with Crippen LogP contribution < -0.4 is 14.8 Å². The molecule has 0 saturated carbocycles. The van der Waals surface area contributed by atoms with Crippen LogP contribution in [0.25, 0.3) is 0 Å². The van der Waals surface area contributed by atoms with Crippen LogP contribution in [-0.2, 0) is 6.42 Å². The van der Waals surface area contributed by atoms with Gasteiger partial charge >= 0.3 is 0 Å². The molecule has 0 fully saturated rings. The van der Waals surface area contributed by atoms with Gasteiger partial charge in [-0.1, -0.05) is 23.2 Å². The van der Waals surface area contributed by atoms with E-state index in [0.29, 0.717) is 33.7 Å². The molecule has 0 radical (unpaired) electrons. The Kier molecular flexibility index (Phi) is 4.88. The van der Waals surface area contributed by atoms with E-state index in [0.717, 1.165) is 17.7 Å². The quantitative estimate of drug-likeness (QED) is 0.831. The highest BCUT2D eigenvalue weighted by Gasteiger charge is 2.23. The maximum atomic E-state index is 12.6. The van der Waals surface area contributed by atoms with E-state index in [2.05, 4.69) is 5.32 Å². The van der Waals surface area contributed by atoms with E-state index in [-0.39, 0.29) is 12.0 Å². The SMILES string of the molecule is CCOc1cc2c(cc1NC(=O)c1cc(Cl)ccc1Cl)O[C@H](C)C2. The summed E-state index contributed by atoms with van der Waals surface area (Å²) in [6, 6.07) is 8.47. The molecule has 0 bridgehead atoms. The first-order chi connectivity index (χ1) is 11.5. The predicted octanol–water partition coefficient (Wildman–Crippen LogP) is 4.97. The molecule has 0 aromatic heterocycles. The molecule has 2 aromatic rings. The standard InChI is InChI=1S/C18H17Cl2NO3/c1-3-23-17-7-11-6-10(2)24-16(11)9-15(17)21-18(22)13-8-12(19)4-5-14(13)20/h4-5,7-10H,3,6H2,1-2H3,(H,21,22)/t10-/m1/s1. The van der Waals surface area contributed by atoms with E-state index in [1.54, 1.807) is 18.2 Å². The van der Waals surface area contributed by atoms with Crippen LogP contribution in [0.2, 0.25) is 10.0 Å². The van der Waals surface area contributed by atoms with Crippen molar-refractivity contribution in [1.82, 2.24) is 0 Å². The highest BCUT2D eigenvalue weighted by molar-refractivity contribution is 6.36. The van der Waals surface area contributed by atoms with E-state index >= 15 is 0 Å². The number of anilines is 1. The summed E-state index contributed by atoms with van der Waals surface area (Å²) >= 11 is 12.1. The molecule has 0 saturated heterocycles. The van der Waals surface area contributed by atoms with E-state index in [4.69, 9.17) is 32.7 Å². The molecule has 4 nitrogen and oxygen atoms in total. The number of hydrogen-bond acceptors (Lipinski definition) is 3. The van der Waals surface area contributed by atoms with Crippen LogP contribution >= 0.6 is 23.2 Å². The minimum absolute atomic E-state index is 0.114. The molecule has 24 heavy (non-hydrogen) atoms. The molecule has 1 N–H and O–H groups in total. The monoisotopic (exact) mass is 365 g/mol. The van der Waals surface area contributed by atoms with Gasteiger partial charge in [-0.2, -0.15) is 0 Å². The van der Waals surface area contributed by atoms with Crippen LogP contribution in [0.5, 0.6) is 11.5 Å². The van der Waals surface area contributed by atoms with Gasteiger partial charge < -0.3 is 14.8 Å². The Labute approximate surface area is 150 Å². The molecular formula is C18H17Cl2NO3. The second kappa shape index (κ2) is 6.91. The van der Waals surface area contributed by atoms with Crippen LogP contribution in [0.4, 0.5) is 5.69 Å². The average molecular weight is 366 g/mol. The summed E-state index contributed by atoms with van der Waals surface area (Å²) in [6.07, 6.45) is 0.937. The molecule has 1 heterocycles. The van der Waals surface area contributed by atoms with Crippen molar-refractivity contribution in [3.63, 3.8) is 0 Å². The fourth-order valence-electron chi connectivity index (χ4n) is 2.67. The zero-order valence-corrected chi connectivity index (χ0v) is 14.9. The molecule has 2 aromatic carbocycles. The molecule has 126 valence electrons. The topological polar surface area (TPSA) is 47.6 Å². The smallest absolute Gasteiger partial charge is 0.257 e. The van der Waals surface area contributed by atoms with E-state index < -0.39 is 0 Å². The first-order valence-electron chi connectivity index (χ1n) is 7.70. The maximum Gasteiger partial charge on any atom is 0.257 e. The van der Waals surface area contributed by atoms with Crippen LogP contribution in [0.1, 0.15) is 29.8 Å². The third-order valence-corrected chi connectivity index (χ3v) is 4.28. The Balaban J connectivity index is 1.92. The Morgan fingerprint density at radius 1 is 1.33 bits per heavy atom. The summed E-state index contributed by atoms with van der Waals surface area (Å²) in [5.41, 5.74) is 1.93. The summed E-state index contributed by atoms with van der Waals surface area (Å²) in [5.74, 6) is 1.02. The highest BCUT2D eigenvalue weighted by Crippen LogP contribution is 2.38. The average Bonchev–Trinajstić information content (AvgIpc) is 2.89. The maximum absolute atomic E-state index is 12.6. The summed E-state index contributed by atoms with van der Waals surface area (Å²) < 4.78 is 11.4. The van der Waals surface area contributed by atoms with Gasteiger partial charge in [0.1, 0.15) is 17.6 Å². The number of fused-ring (bicyclic) bond motifs is 1. The normalized spacial score (nSPS) is 15.6. The molecular weight excluding hydrogens is 349 g/mol. The minimum atomic E-state index is -0.352. The van der Waals surface area contributed by atoms with Gasteiger partial charge in [-0.15, -0.1) is 0 Å². The number of carbonyl (C=O) groups is 1. The number of ether oxygens (including phenoxy) is 2. The van der Waals surface area contributed by atoms with Crippen LogP contribution in [0, 0.1) is 0 Å². The molecule has 0 unspecified atom stereocenters. The first-order valence-corrected chi connectivity index (χ1v) is 8.46. The molecule has 1 aliphatic heterocycles. The van der Waals surface area contributed by atoms with Crippen molar-refractivity contribution in [2.24, 2.45) is 0 Å². The Morgan fingerprint density at radius 3 is 2.88 bits per heavy atom. The van der Waals surface area contributed by atoms with Crippen molar-refractivity contribution in [2.45, 2.75) is 26.4 Å². The summed E-state index contributed by atoms with van der Waals surface area (Å²) in [4.78, 5) is 12.6. The number of nitrogens with one attached hydrogen (secondary N) is 1. The largest absolute Gasteiger partial charge is 0.492 e. The summed E-state index contributed by atoms with van der Waals surface area (Å²) in [5, 5.41) is 3.62. The molecule has 0 aliphatic carbocycles. The highest BCUT2D eigenvalue weighted by atomic mass is 35.5. The lowest BCUT2D eigenvalue weighted by molar-refractivity contribution is 0.102. The number of halogens is 2. The van der Waals surface area contributed by atoms with Gasteiger partial charge in [0, 0.05) is 23.1 Å². The van der Waals surface area contributed by atoms with E-state index in [1.807, 2.05) is 19.9 Å². The fourth-order valence-corrected chi connectivity index (χ4v) is 3.05. The Morgan fingerprint density at radius 2 is 2.12 bits per heavy atom. The molecule has 3 rings (SSSR count). The Hall–Kier alpha value is -1.91. The van der Waals surface area contributed by atoms with Crippen LogP contribution in [0.3, 0.4) is 0 Å². The van der Waals surface area contributed by atoms with Crippen molar-refractivity contribution in [2.75, 3.05) is 11.9 Å². The predicted molar refractivity (Wildman–Crippen MR) is 95.8 cm³/mol. The van der Waals surface area contributed by atoms with Gasteiger partial charge in [-0.25, -0.2) is 0 Å². The third-order valence-electron chi connectivity index (χ3n) is 3.72. The van der Waals surface area contributed by atoms with Gasteiger partial charge in [-0.05, 0) is 38.1 Å². The summed E-state index contributed by atoms with van der Waals surface area (Å²) in [6.45, 7) is 4.39. The fraction of sp³-hybridized carbons (Fsp3) is 0.278. The van der Waals surface area contributed by atoms with Crippen molar-refractivity contribution >= 4 is 34.8 Å². The molecule has 1 aliphatic rings. The van der Waals surface area contributed by atoms with E-state index in [9.17, 15) is 4.79 Å². The number of amides is 1. The lowest BCUT2D eigenvalue weighted by Gasteiger charge is -2.14. The zero-order chi connectivity index (χ0) is 17.3. The van der Waals surface area contributed by atoms with Crippen molar-refractivity contribution in [1.29, 1.82) is 0 Å². The van der Waals surface area contributed by atoms with Crippen LogP contribution in [-0.4, -0.2) is 18.6 Å². The van der Waals surface area contributed by atoms with Crippen molar-refractivity contribution < 1.29 is 14.3 Å². The molecule has 6 heteroatoms. The van der Waals surface area contributed by atoms with Gasteiger partial charge in [0.2, 0.25) is 0 Å². The number of hydrogen-bond donors (Lipinski definition) is 1. The number of carbonyl (C=O) groups excluding carboxylic acids is 1. The van der Waals surface area contributed by atoms with Crippen molar-refractivity contribution in [3.8, 4) is 11.5 Å². The first kappa shape index (κ1) is 16.9. The second-order valence-electron chi connectivity index (χ2n) is 5.60. The lowest BCUT2D eigenvalue weighted by Crippen LogP contribution is -2.13.